The van der Waals surface area contributed by atoms with E-state index in [9.17, 15) is 20.4 Å². The van der Waals surface area contributed by atoms with Crippen LogP contribution < -0.4 is 0 Å². The number of phenolic OH excluding ortho intramolecular Hbond substituents is 4. The van der Waals surface area contributed by atoms with E-state index in [0.717, 1.165) is 117 Å². The standard InChI is InChI=1S/C91H148O8S2/c1-27-29-31-33-35-37-39-41-43-45-47-100-90(58-64-49-68(82(3,4)5)78(94)69(50-64)83(6,7)8,59-65-51-70(84(9,10)11)79(95)71(52-65)85(12,13)14)62-98-76(92)57-77(93)99-63-91(101-48-46-44-42-40-38-36-34-32-30-28-2,60-66-53-72(86(15,16)17)80(96)73(54-66)87(18,19)20)61-67-55-74(88(21,22)23)81(97)75(56-67)89(24,25)26/h49-56,94-97H,27-48,57-63H2,1-26H3. The molecule has 572 valence electrons. The Bertz CT molecular complexity index is 2710. The van der Waals surface area contributed by atoms with Crippen molar-refractivity contribution in [1.82, 2.24) is 0 Å². The lowest BCUT2D eigenvalue weighted by Crippen LogP contribution is -2.39. The molecule has 101 heavy (non-hydrogen) atoms. The molecule has 8 nitrogen and oxygen atoms in total. The zero-order chi connectivity index (χ0) is 76.4. The van der Waals surface area contributed by atoms with Crippen molar-refractivity contribution in [3.05, 3.63) is 115 Å². The van der Waals surface area contributed by atoms with Crippen LogP contribution in [0.2, 0.25) is 0 Å². The SMILES string of the molecule is CCCCCCCCCCCCSC(COC(=O)CC(=O)OCC(Cc1cc(C(C)(C)C)c(O)c(C(C)(C)C)c1)(Cc1cc(C(C)(C)C)c(O)c(C(C)(C)C)c1)SCCCCCCCCCCCC)(Cc1cc(C(C)(C)C)c(O)c(C(C)(C)C)c1)Cc1cc(C(C)(C)C)c(O)c(C(C)(C)C)c1. The molecule has 0 heterocycles. The maximum absolute atomic E-state index is 15.0. The summed E-state index contributed by atoms with van der Waals surface area (Å²) in [6.45, 7) is 56.0. The van der Waals surface area contributed by atoms with Gasteiger partial charge in [0, 0.05) is 0 Å². The largest absolute Gasteiger partial charge is 0.507 e. The average Bonchev–Trinajstić information content (AvgIpc) is 0.780. The minimum atomic E-state index is -0.758. The van der Waals surface area contributed by atoms with E-state index in [1.165, 1.54) is 89.9 Å². The van der Waals surface area contributed by atoms with E-state index in [1.807, 2.05) is 23.5 Å². The number of benzene rings is 4. The summed E-state index contributed by atoms with van der Waals surface area (Å²) in [5, 5.41) is 48.4. The number of rotatable bonds is 38. The number of thioether (sulfide) groups is 2. The highest BCUT2D eigenvalue weighted by molar-refractivity contribution is 8.00. The number of esters is 2. The van der Waals surface area contributed by atoms with Crippen molar-refractivity contribution >= 4 is 35.5 Å². The Hall–Kier alpha value is -4.28. The van der Waals surface area contributed by atoms with Crippen LogP contribution in [-0.2, 0) is 88.1 Å². The number of hydrogen-bond acceptors (Lipinski definition) is 10. The molecule has 0 aromatic heterocycles. The second-order valence-corrected chi connectivity index (χ2v) is 41.9. The lowest BCUT2D eigenvalue weighted by molar-refractivity contribution is -0.155. The van der Waals surface area contributed by atoms with Gasteiger partial charge in [0.2, 0.25) is 0 Å². The van der Waals surface area contributed by atoms with Crippen LogP contribution in [0.25, 0.3) is 0 Å². The lowest BCUT2D eigenvalue weighted by atomic mass is 9.76. The van der Waals surface area contributed by atoms with Gasteiger partial charge in [-0.15, -0.1) is 0 Å². The fourth-order valence-electron chi connectivity index (χ4n) is 14.3. The van der Waals surface area contributed by atoms with E-state index in [1.54, 1.807) is 0 Å². The van der Waals surface area contributed by atoms with Crippen molar-refractivity contribution in [3.63, 3.8) is 0 Å². The first kappa shape index (κ1) is 89.1. The molecule has 0 unspecified atom stereocenters. The van der Waals surface area contributed by atoms with E-state index in [2.05, 4.69) is 229 Å². The van der Waals surface area contributed by atoms with Gasteiger partial charge in [0.15, 0.2) is 0 Å². The Morgan fingerprint density at radius 1 is 0.287 bits per heavy atom. The quantitative estimate of drug-likeness (QED) is 0.0195. The third kappa shape index (κ3) is 28.5. The second kappa shape index (κ2) is 37.8. The van der Waals surface area contributed by atoms with Gasteiger partial charge in [-0.25, -0.2) is 0 Å². The maximum Gasteiger partial charge on any atom is 0.317 e. The van der Waals surface area contributed by atoms with E-state index < -0.39 is 27.9 Å². The van der Waals surface area contributed by atoms with Gasteiger partial charge in [-0.05, 0) is 160 Å². The minimum Gasteiger partial charge on any atom is -0.507 e. The Morgan fingerprint density at radius 2 is 0.455 bits per heavy atom. The van der Waals surface area contributed by atoms with Crippen molar-refractivity contribution in [3.8, 4) is 23.0 Å². The van der Waals surface area contributed by atoms with Crippen molar-refractivity contribution in [2.75, 3.05) is 24.7 Å². The first-order chi connectivity index (χ1) is 46.5. The summed E-state index contributed by atoms with van der Waals surface area (Å²) < 4.78 is 11.8. The number of unbranched alkanes of at least 4 members (excludes halogenated alkanes) is 18. The maximum atomic E-state index is 15.0. The third-order valence-electron chi connectivity index (χ3n) is 20.3. The summed E-state index contributed by atoms with van der Waals surface area (Å²) in [6.07, 6.45) is 25.8. The summed E-state index contributed by atoms with van der Waals surface area (Å²) in [5.41, 5.74) is 8.01. The highest BCUT2D eigenvalue weighted by Crippen LogP contribution is 2.48. The molecule has 0 spiro atoms. The normalized spacial score (nSPS) is 13.3. The van der Waals surface area contributed by atoms with E-state index in [4.69, 9.17) is 9.47 Å². The number of carbonyl (C=O) groups is 2. The van der Waals surface area contributed by atoms with Gasteiger partial charge in [0.1, 0.15) is 42.6 Å². The molecule has 0 fully saturated rings. The second-order valence-electron chi connectivity index (χ2n) is 38.8. The van der Waals surface area contributed by atoms with E-state index >= 15 is 9.59 Å². The summed E-state index contributed by atoms with van der Waals surface area (Å²) >= 11 is 3.70. The van der Waals surface area contributed by atoms with Crippen LogP contribution in [-0.4, -0.2) is 66.6 Å². The zero-order valence-electron chi connectivity index (χ0n) is 69.4. The first-order valence-electron chi connectivity index (χ1n) is 39.5. The monoisotopic (exact) mass is 1430 g/mol. The fraction of sp³-hybridized carbons (Fsp3) is 0.714. The van der Waals surface area contributed by atoms with Gasteiger partial charge in [-0.3, -0.25) is 9.59 Å². The lowest BCUT2D eigenvalue weighted by Gasteiger charge is -2.36. The molecule has 0 aliphatic rings. The van der Waals surface area contributed by atoms with E-state index in [-0.39, 0.29) is 56.5 Å². The Morgan fingerprint density at radius 3 is 0.624 bits per heavy atom. The van der Waals surface area contributed by atoms with Crippen LogP contribution in [0.3, 0.4) is 0 Å². The Balaban J connectivity index is 1.93. The molecule has 0 aliphatic carbocycles. The number of aromatic hydroxyl groups is 4. The predicted molar refractivity (Wildman–Crippen MR) is 437 cm³/mol. The Kier molecular flexibility index (Phi) is 33.4. The molecule has 0 bridgehead atoms. The molecule has 0 amide bonds. The van der Waals surface area contributed by atoms with Crippen LogP contribution in [0.5, 0.6) is 23.0 Å². The van der Waals surface area contributed by atoms with Gasteiger partial charge >= 0.3 is 11.9 Å². The van der Waals surface area contributed by atoms with Crippen LogP contribution in [0, 0.1) is 0 Å². The molecular formula is C91H148O8S2. The third-order valence-corrected chi connectivity index (χ3v) is 23.4. The minimum absolute atomic E-state index is 0.00743. The van der Waals surface area contributed by atoms with Crippen LogP contribution in [0.4, 0.5) is 0 Å². The molecule has 10 heteroatoms. The van der Waals surface area contributed by atoms with Gasteiger partial charge in [0.25, 0.3) is 0 Å². The summed E-state index contributed by atoms with van der Waals surface area (Å²) in [7, 11) is 0. The summed E-state index contributed by atoms with van der Waals surface area (Å²) in [5.74, 6) is 1.60. The van der Waals surface area contributed by atoms with Gasteiger partial charge < -0.3 is 29.9 Å². The molecule has 4 rings (SSSR count). The topological polar surface area (TPSA) is 134 Å². The first-order valence-corrected chi connectivity index (χ1v) is 41.5. The van der Waals surface area contributed by atoms with Crippen molar-refractivity contribution in [2.45, 2.75) is 393 Å². The molecular weight excluding hydrogens is 1290 g/mol. The molecule has 0 saturated carbocycles. The fourth-order valence-corrected chi connectivity index (χ4v) is 17.2. The molecule has 0 radical (unpaired) electrons. The molecule has 0 atom stereocenters. The zero-order valence-corrected chi connectivity index (χ0v) is 71.0. The Labute approximate surface area is 627 Å². The van der Waals surface area contributed by atoms with Gasteiger partial charge in [-0.2, -0.15) is 23.5 Å². The number of carbonyl (C=O) groups excluding carboxylic acids is 2. The van der Waals surface area contributed by atoms with Crippen molar-refractivity contribution in [2.24, 2.45) is 0 Å². The predicted octanol–water partition coefficient (Wildman–Crippen LogP) is 25.4. The molecule has 4 aromatic carbocycles. The van der Waals surface area contributed by atoms with Crippen molar-refractivity contribution < 1.29 is 39.5 Å². The number of ether oxygens (including phenoxy) is 2. The van der Waals surface area contributed by atoms with E-state index in [0.29, 0.717) is 48.7 Å². The summed E-state index contributed by atoms with van der Waals surface area (Å²) in [4.78, 5) is 30.1. The highest BCUT2D eigenvalue weighted by Gasteiger charge is 2.41. The number of hydrogen-bond donors (Lipinski definition) is 4. The molecule has 4 aromatic rings. The van der Waals surface area contributed by atoms with Crippen LogP contribution >= 0.6 is 23.5 Å². The molecule has 0 saturated heterocycles. The highest BCUT2D eigenvalue weighted by atomic mass is 32.2. The average molecular weight is 1430 g/mol. The molecule has 0 aliphatic heterocycles. The number of phenols is 4. The van der Waals surface area contributed by atoms with Gasteiger partial charge in [-0.1, -0.05) is 344 Å². The van der Waals surface area contributed by atoms with Gasteiger partial charge in [0.05, 0.1) is 9.49 Å². The van der Waals surface area contributed by atoms with Crippen LogP contribution in [0.1, 0.15) is 382 Å². The van der Waals surface area contributed by atoms with Crippen molar-refractivity contribution in [1.29, 1.82) is 0 Å². The smallest absolute Gasteiger partial charge is 0.317 e. The summed E-state index contributed by atoms with van der Waals surface area (Å²) in [6, 6.07) is 17.3. The van der Waals surface area contributed by atoms with Crippen LogP contribution in [0.15, 0.2) is 48.5 Å². The molecule has 4 N–H and O–H groups in total.